The van der Waals surface area contributed by atoms with Gasteiger partial charge in [0.05, 0.1) is 22.5 Å². The summed E-state index contributed by atoms with van der Waals surface area (Å²) in [7, 11) is 0. The maximum absolute atomic E-state index is 13.0. The molecular weight excluding hydrogens is 461 g/mol. The van der Waals surface area contributed by atoms with Gasteiger partial charge in [0.1, 0.15) is 11.4 Å². The van der Waals surface area contributed by atoms with Gasteiger partial charge in [-0.25, -0.2) is 20.4 Å². The van der Waals surface area contributed by atoms with Crippen LogP contribution in [0.4, 0.5) is 18.9 Å². The second kappa shape index (κ2) is 9.24. The third-order valence-corrected chi connectivity index (χ3v) is 4.74. The Balaban J connectivity index is 1.70. The van der Waals surface area contributed by atoms with Gasteiger partial charge in [0, 0.05) is 5.56 Å². The van der Waals surface area contributed by atoms with Crippen molar-refractivity contribution in [3.8, 4) is 0 Å². The number of halogens is 4. The first-order chi connectivity index (χ1) is 14.7. The van der Waals surface area contributed by atoms with E-state index in [1.807, 2.05) is 0 Å². The van der Waals surface area contributed by atoms with Gasteiger partial charge in [-0.2, -0.15) is 18.2 Å². The van der Waals surface area contributed by atoms with Crippen LogP contribution in [-0.4, -0.2) is 37.0 Å². The summed E-state index contributed by atoms with van der Waals surface area (Å²) in [5.41, 5.74) is 0.291. The average Bonchev–Trinajstić information content (AvgIpc) is 2.74. The molecule has 2 amide bonds. The monoisotopic (exact) mass is 470 g/mol. The molecule has 0 fully saturated rings. The van der Waals surface area contributed by atoms with Crippen molar-refractivity contribution in [3.63, 3.8) is 0 Å². The molecule has 14 heteroatoms. The molecule has 1 aromatic carbocycles. The predicted molar refractivity (Wildman–Crippen MR) is 102 cm³/mol. The molecule has 0 saturated heterocycles. The van der Waals surface area contributed by atoms with Gasteiger partial charge in [-0.15, -0.1) is 0 Å². The Hall–Kier alpha value is -3.29. The minimum atomic E-state index is -4.69. The second-order valence-electron chi connectivity index (χ2n) is 5.67. The summed E-state index contributed by atoms with van der Waals surface area (Å²) >= 11 is 6.52. The minimum Gasteiger partial charge on any atom is -0.321 e. The van der Waals surface area contributed by atoms with Crippen LogP contribution in [0, 0.1) is 0 Å². The minimum absolute atomic E-state index is 0.124. The van der Waals surface area contributed by atoms with Crippen molar-refractivity contribution in [3.05, 3.63) is 64.8 Å². The summed E-state index contributed by atoms with van der Waals surface area (Å²) in [6.07, 6.45) is -2.33. The van der Waals surface area contributed by atoms with Gasteiger partial charge in [-0.05, 0) is 42.1 Å². The summed E-state index contributed by atoms with van der Waals surface area (Å²) in [4.78, 5) is 39.0. The van der Waals surface area contributed by atoms with E-state index in [0.717, 1.165) is 24.2 Å². The summed E-state index contributed by atoms with van der Waals surface area (Å²) in [6, 6.07) is 5.80. The molecule has 9 nitrogen and oxygen atoms in total. The summed E-state index contributed by atoms with van der Waals surface area (Å²) in [5.74, 6) is -1.99. The number of nitrogens with zero attached hydrogens (tertiary/aromatic N) is 4. The molecule has 0 saturated carbocycles. The van der Waals surface area contributed by atoms with E-state index in [1.165, 1.54) is 29.9 Å². The van der Waals surface area contributed by atoms with Crippen LogP contribution >= 0.6 is 23.4 Å². The number of hydrogen-bond acceptors (Lipinski definition) is 8. The first-order valence-electron chi connectivity index (χ1n) is 8.13. The van der Waals surface area contributed by atoms with Crippen LogP contribution in [0.2, 0.25) is 5.02 Å². The zero-order valence-electron chi connectivity index (χ0n) is 15.0. The first-order valence-corrected chi connectivity index (χ1v) is 9.32. The Labute approximate surface area is 181 Å². The van der Waals surface area contributed by atoms with Gasteiger partial charge in [-0.1, -0.05) is 11.6 Å². The summed E-state index contributed by atoms with van der Waals surface area (Å²) < 4.78 is 38.9. The number of carbonyl (C=O) groups excluding carboxylic acids is 2. The molecule has 3 N–H and O–H groups in total. The van der Waals surface area contributed by atoms with Crippen LogP contribution < -0.4 is 10.8 Å². The number of hydroxylamine groups is 1. The topological polar surface area (TPSA) is 130 Å². The number of benzene rings is 1. The van der Waals surface area contributed by atoms with Crippen molar-refractivity contribution in [1.29, 1.82) is 0 Å². The molecule has 3 aromatic rings. The predicted octanol–water partition coefficient (Wildman–Crippen LogP) is 3.46. The lowest BCUT2D eigenvalue weighted by Crippen LogP contribution is -2.21. The van der Waals surface area contributed by atoms with E-state index in [2.05, 4.69) is 25.3 Å². The van der Waals surface area contributed by atoms with Gasteiger partial charge in [0.2, 0.25) is 5.82 Å². The lowest BCUT2D eigenvalue weighted by Gasteiger charge is -2.11. The lowest BCUT2D eigenvalue weighted by molar-refractivity contribution is -0.137. The summed E-state index contributed by atoms with van der Waals surface area (Å²) in [6.45, 7) is 0. The van der Waals surface area contributed by atoms with Gasteiger partial charge in [0.15, 0.2) is 5.16 Å². The molecule has 31 heavy (non-hydrogen) atoms. The molecule has 0 bridgehead atoms. The van der Waals surface area contributed by atoms with E-state index in [1.54, 1.807) is 0 Å². The summed E-state index contributed by atoms with van der Waals surface area (Å²) in [5, 5.41) is 11.1. The van der Waals surface area contributed by atoms with Gasteiger partial charge >= 0.3 is 12.1 Å². The Morgan fingerprint density at radius 1 is 1.06 bits per heavy atom. The largest absolute Gasteiger partial charge is 0.417 e. The number of aromatic nitrogens is 4. The van der Waals surface area contributed by atoms with E-state index in [9.17, 15) is 22.8 Å². The molecular formula is C17H10ClF3N6O3S. The fourth-order valence-corrected chi connectivity index (χ4v) is 3.07. The number of hydrogen-bond donors (Lipinski definition) is 3. The van der Waals surface area contributed by atoms with E-state index >= 15 is 0 Å². The highest BCUT2D eigenvalue weighted by Crippen LogP contribution is 2.35. The zero-order chi connectivity index (χ0) is 22.6. The van der Waals surface area contributed by atoms with Gasteiger partial charge in [-0.3, -0.25) is 14.8 Å². The fourth-order valence-electron chi connectivity index (χ4n) is 2.19. The second-order valence-corrected chi connectivity index (χ2v) is 7.06. The molecule has 2 heterocycles. The average molecular weight is 471 g/mol. The maximum atomic E-state index is 13.0. The standard InChI is InChI=1S/C17H10ClF3N6O3S/c18-11-3-1-8(5-10(11)17(19,20)21)14(28)25-9-2-4-12(22-6-9)31-16-24-7-23-13(26-16)15(29)27-30/h1-7,30H,(H,25,28)(H,27,29). The van der Waals surface area contributed by atoms with Crippen LogP contribution in [0.5, 0.6) is 0 Å². The molecule has 0 spiro atoms. The van der Waals surface area contributed by atoms with Crippen molar-refractivity contribution < 1.29 is 28.0 Å². The van der Waals surface area contributed by atoms with Crippen LogP contribution in [0.3, 0.4) is 0 Å². The number of amides is 2. The normalized spacial score (nSPS) is 11.1. The SMILES string of the molecule is O=C(Nc1ccc(Sc2ncnc(C(=O)NO)n2)nc1)c1ccc(Cl)c(C(F)(F)F)c1. The molecule has 2 aromatic heterocycles. The Morgan fingerprint density at radius 3 is 2.48 bits per heavy atom. The number of nitrogens with one attached hydrogen (secondary N) is 2. The van der Waals surface area contributed by atoms with Crippen LogP contribution in [-0.2, 0) is 6.18 Å². The van der Waals surface area contributed by atoms with Crippen molar-refractivity contribution in [1.82, 2.24) is 25.4 Å². The number of carbonyl (C=O) groups is 2. The molecule has 0 atom stereocenters. The zero-order valence-corrected chi connectivity index (χ0v) is 16.6. The highest BCUT2D eigenvalue weighted by atomic mass is 35.5. The van der Waals surface area contributed by atoms with Crippen LogP contribution in [0.25, 0.3) is 0 Å². The lowest BCUT2D eigenvalue weighted by atomic mass is 10.1. The molecule has 3 rings (SSSR count). The third-order valence-electron chi connectivity index (χ3n) is 3.58. The molecule has 0 radical (unpaired) electrons. The number of alkyl halides is 3. The van der Waals surface area contributed by atoms with Crippen LogP contribution in [0.1, 0.15) is 26.5 Å². The maximum Gasteiger partial charge on any atom is 0.417 e. The Bertz CT molecular complexity index is 1130. The molecule has 0 aliphatic carbocycles. The Morgan fingerprint density at radius 2 is 1.84 bits per heavy atom. The quantitative estimate of drug-likeness (QED) is 0.382. The van der Waals surface area contributed by atoms with Crippen LogP contribution in [0.15, 0.2) is 53.0 Å². The third kappa shape index (κ3) is 5.65. The Kier molecular flexibility index (Phi) is 6.68. The smallest absolute Gasteiger partial charge is 0.321 e. The fraction of sp³-hybridized carbons (Fsp3) is 0.0588. The molecule has 160 valence electrons. The van der Waals surface area contributed by atoms with Crippen molar-refractivity contribution in [2.24, 2.45) is 0 Å². The van der Waals surface area contributed by atoms with E-state index < -0.39 is 28.6 Å². The van der Waals surface area contributed by atoms with Crippen molar-refractivity contribution >= 4 is 40.9 Å². The van der Waals surface area contributed by atoms with E-state index in [4.69, 9.17) is 16.8 Å². The van der Waals surface area contributed by atoms with E-state index in [0.29, 0.717) is 11.1 Å². The highest BCUT2D eigenvalue weighted by Gasteiger charge is 2.33. The highest BCUT2D eigenvalue weighted by molar-refractivity contribution is 7.99. The molecule has 0 aliphatic heterocycles. The van der Waals surface area contributed by atoms with Gasteiger partial charge < -0.3 is 5.32 Å². The number of anilines is 1. The van der Waals surface area contributed by atoms with Crippen molar-refractivity contribution in [2.75, 3.05) is 5.32 Å². The number of rotatable bonds is 5. The first kappa shape index (κ1) is 22.4. The molecule has 0 aliphatic rings. The van der Waals surface area contributed by atoms with Gasteiger partial charge in [0.25, 0.3) is 5.91 Å². The molecule has 0 unspecified atom stereocenters. The number of pyridine rings is 1. The van der Waals surface area contributed by atoms with Crippen molar-refractivity contribution in [2.45, 2.75) is 16.4 Å². The van der Waals surface area contributed by atoms with E-state index in [-0.39, 0.29) is 22.2 Å².